The number of aromatic nitrogens is 1. The van der Waals surface area contributed by atoms with Crippen LogP contribution in [0.25, 0.3) is 17.2 Å². The molecule has 1 N–H and O–H groups in total. The van der Waals surface area contributed by atoms with Gasteiger partial charge in [0.15, 0.2) is 0 Å². The van der Waals surface area contributed by atoms with Crippen molar-refractivity contribution >= 4 is 50.3 Å². The molecule has 2 aromatic carbocycles. The van der Waals surface area contributed by atoms with E-state index in [-0.39, 0.29) is 12.2 Å². The highest BCUT2D eigenvalue weighted by molar-refractivity contribution is 7.85. The Balaban J connectivity index is 1.76. The van der Waals surface area contributed by atoms with Crippen molar-refractivity contribution in [3.8, 4) is 0 Å². The average Bonchev–Trinajstić information content (AvgIpc) is 3.27. The first kappa shape index (κ1) is 25.3. The number of hydrogen-bond acceptors (Lipinski definition) is 5. The molecule has 0 spiro atoms. The van der Waals surface area contributed by atoms with E-state index in [9.17, 15) is 13.0 Å². The van der Waals surface area contributed by atoms with Gasteiger partial charge in [0, 0.05) is 24.2 Å². The number of oxazole rings is 1. The molecular weight excluding hydrogens is 486 g/mol. The lowest BCUT2D eigenvalue weighted by atomic mass is 10.2. The molecule has 1 aliphatic rings. The highest BCUT2D eigenvalue weighted by Gasteiger charge is 2.31. The molecule has 1 aromatic heterocycles. The Labute approximate surface area is 211 Å². The van der Waals surface area contributed by atoms with Crippen LogP contribution in [0.2, 0.25) is 5.02 Å². The van der Waals surface area contributed by atoms with E-state index < -0.39 is 10.1 Å². The van der Waals surface area contributed by atoms with Crippen molar-refractivity contribution in [3.05, 3.63) is 70.3 Å². The van der Waals surface area contributed by atoms with Crippen LogP contribution in [0.4, 0.5) is 11.4 Å². The maximum atomic E-state index is 11.3. The monoisotopic (exact) mass is 516 g/mol. The second kappa shape index (κ2) is 10.0. The quantitative estimate of drug-likeness (QED) is 0.311. The summed E-state index contributed by atoms with van der Waals surface area (Å²) in [5, 5.41) is 0.652. The fourth-order valence-corrected chi connectivity index (χ4v) is 5.19. The second-order valence-electron chi connectivity index (χ2n) is 8.67. The van der Waals surface area contributed by atoms with Crippen LogP contribution in [-0.2, 0) is 16.7 Å². The normalized spacial score (nSPS) is 15.5. The predicted molar refractivity (Wildman–Crippen MR) is 141 cm³/mol. The molecule has 4 rings (SSSR count). The first-order valence-corrected chi connectivity index (χ1v) is 13.7. The summed E-state index contributed by atoms with van der Waals surface area (Å²) in [6, 6.07) is 11.9. The molecule has 0 unspecified atom stereocenters. The first-order chi connectivity index (χ1) is 16.6. The van der Waals surface area contributed by atoms with Crippen molar-refractivity contribution in [2.45, 2.75) is 40.7 Å². The molecule has 0 saturated heterocycles. The minimum atomic E-state index is -4.04. The Kier molecular flexibility index (Phi) is 7.26. The highest BCUT2D eigenvalue weighted by Crippen LogP contribution is 2.44. The van der Waals surface area contributed by atoms with Crippen LogP contribution in [-0.4, -0.2) is 31.8 Å². The van der Waals surface area contributed by atoms with Crippen LogP contribution in [0.5, 0.6) is 0 Å². The van der Waals surface area contributed by atoms with Gasteiger partial charge >= 0.3 is 5.89 Å². The van der Waals surface area contributed by atoms with Gasteiger partial charge in [-0.3, -0.25) is 4.55 Å². The number of para-hydroxylation sites is 2. The predicted octanol–water partition coefficient (Wildman–Crippen LogP) is 5.57. The van der Waals surface area contributed by atoms with Crippen molar-refractivity contribution < 1.29 is 22.0 Å². The van der Waals surface area contributed by atoms with E-state index in [0.717, 1.165) is 58.4 Å². The summed E-state index contributed by atoms with van der Waals surface area (Å²) in [5.74, 6) is 1.38. The van der Waals surface area contributed by atoms with E-state index in [1.807, 2.05) is 50.3 Å². The maximum Gasteiger partial charge on any atom is 0.374 e. The Morgan fingerprint density at radius 1 is 1.17 bits per heavy atom. The maximum absolute atomic E-state index is 11.3. The highest BCUT2D eigenvalue weighted by atomic mass is 35.5. The van der Waals surface area contributed by atoms with Crippen molar-refractivity contribution in [3.63, 3.8) is 0 Å². The number of benzene rings is 2. The van der Waals surface area contributed by atoms with Gasteiger partial charge in [0.25, 0.3) is 15.6 Å². The van der Waals surface area contributed by atoms with E-state index >= 15 is 0 Å². The van der Waals surface area contributed by atoms with Gasteiger partial charge in [0.05, 0.1) is 23.2 Å². The zero-order valence-electron chi connectivity index (χ0n) is 20.5. The third kappa shape index (κ3) is 5.24. The number of rotatable bonds is 8. The van der Waals surface area contributed by atoms with Crippen LogP contribution in [0.15, 0.2) is 58.3 Å². The Morgan fingerprint density at radius 3 is 2.57 bits per heavy atom. The zero-order chi connectivity index (χ0) is 25.3. The number of anilines is 2. The van der Waals surface area contributed by atoms with E-state index in [4.69, 9.17) is 16.0 Å². The molecule has 0 fully saturated rings. The lowest BCUT2D eigenvalue weighted by molar-refractivity contribution is -0.674. The summed E-state index contributed by atoms with van der Waals surface area (Å²) in [6.45, 7) is 10.1. The number of fused-ring (bicyclic) bond motifs is 2. The smallest absolute Gasteiger partial charge is 0.374 e. The van der Waals surface area contributed by atoms with Crippen LogP contribution < -0.4 is 14.4 Å². The molecule has 0 saturated carbocycles. The van der Waals surface area contributed by atoms with Crippen LogP contribution in [0.1, 0.15) is 38.6 Å². The molecule has 0 aliphatic carbocycles. The van der Waals surface area contributed by atoms with Gasteiger partial charge in [-0.2, -0.15) is 13.0 Å². The fraction of sp³-hybridized carbons (Fsp3) is 0.346. The Morgan fingerprint density at radius 2 is 1.89 bits per heavy atom. The fourth-order valence-electron chi connectivity index (χ4n) is 4.54. The number of hydrogen-bond donors (Lipinski definition) is 1. The summed E-state index contributed by atoms with van der Waals surface area (Å²) in [7, 11) is -4.04. The van der Waals surface area contributed by atoms with Gasteiger partial charge in [0.2, 0.25) is 5.58 Å². The van der Waals surface area contributed by atoms with Gasteiger partial charge in [-0.1, -0.05) is 23.7 Å². The molecule has 186 valence electrons. The van der Waals surface area contributed by atoms with Gasteiger partial charge in [-0.05, 0) is 69.5 Å². The van der Waals surface area contributed by atoms with E-state index in [2.05, 4.69) is 40.4 Å². The molecule has 7 nitrogen and oxygen atoms in total. The topological polar surface area (TPSA) is 77.9 Å². The molecule has 3 aromatic rings. The summed E-state index contributed by atoms with van der Waals surface area (Å²) in [5.41, 5.74) is 5.78. The zero-order valence-corrected chi connectivity index (χ0v) is 22.0. The number of aryl methyl sites for hydroxylation is 2. The summed E-state index contributed by atoms with van der Waals surface area (Å²) in [4.78, 5) is 4.26. The third-order valence-corrected chi connectivity index (χ3v) is 7.36. The number of nitrogens with zero attached hydrogens (tertiary/aromatic N) is 3. The van der Waals surface area contributed by atoms with E-state index in [1.165, 1.54) is 0 Å². The minimum absolute atomic E-state index is 0.279. The summed E-state index contributed by atoms with van der Waals surface area (Å²) < 4.78 is 40.2. The Bertz CT molecular complexity index is 1430. The molecule has 35 heavy (non-hydrogen) atoms. The standard InChI is InChI=1S/C26H30ClN3O4S/c1-5-28-22-16-19(4)20(27)17-23(22)30(12-9-13-35(31,32)33)25(28)14-18(3)15-26-29(6-2)21-10-7-8-11-24(21)34-26/h7-8,10-11,14-17H,5-6,9,12-13H2,1-4H3/p+1. The van der Waals surface area contributed by atoms with Crippen LogP contribution in [0.3, 0.4) is 0 Å². The SMILES string of the molecule is CCN1C(=CC(C)=Cc2oc3ccccc3[n+]2CC)N(CCCS(=O)(=O)O)c2cc(Cl)c(C)cc21. The van der Waals surface area contributed by atoms with Crippen LogP contribution >= 0.6 is 11.6 Å². The molecule has 0 amide bonds. The summed E-state index contributed by atoms with van der Waals surface area (Å²) >= 11 is 6.46. The third-order valence-electron chi connectivity index (χ3n) is 6.15. The lowest BCUT2D eigenvalue weighted by Gasteiger charge is -2.24. The average molecular weight is 517 g/mol. The summed E-state index contributed by atoms with van der Waals surface area (Å²) in [6.07, 6.45) is 4.37. The molecule has 1 aliphatic heterocycles. The van der Waals surface area contributed by atoms with E-state index in [0.29, 0.717) is 11.6 Å². The first-order valence-electron chi connectivity index (χ1n) is 11.7. The molecule has 0 radical (unpaired) electrons. The van der Waals surface area contributed by atoms with Gasteiger partial charge in [-0.25, -0.2) is 0 Å². The molecule has 2 heterocycles. The van der Waals surface area contributed by atoms with Gasteiger partial charge in [-0.15, -0.1) is 0 Å². The lowest BCUT2D eigenvalue weighted by Crippen LogP contribution is -2.33. The number of allylic oxidation sites excluding steroid dienone is 2. The molecule has 0 atom stereocenters. The van der Waals surface area contributed by atoms with Crippen molar-refractivity contribution in [2.75, 3.05) is 28.6 Å². The molecule has 0 bridgehead atoms. The largest absolute Gasteiger partial charge is 0.398 e. The Hall–Kier alpha value is -2.81. The van der Waals surface area contributed by atoms with Crippen LogP contribution in [0, 0.1) is 6.92 Å². The van der Waals surface area contributed by atoms with Gasteiger partial charge < -0.3 is 14.2 Å². The van der Waals surface area contributed by atoms with Crippen molar-refractivity contribution in [2.24, 2.45) is 0 Å². The molecule has 9 heteroatoms. The van der Waals surface area contributed by atoms with Crippen molar-refractivity contribution in [1.82, 2.24) is 0 Å². The minimum Gasteiger partial charge on any atom is -0.398 e. The second-order valence-corrected chi connectivity index (χ2v) is 10.6. The van der Waals surface area contributed by atoms with Gasteiger partial charge in [0.1, 0.15) is 12.4 Å². The van der Waals surface area contributed by atoms with E-state index in [1.54, 1.807) is 0 Å². The van der Waals surface area contributed by atoms with Crippen molar-refractivity contribution in [1.29, 1.82) is 0 Å². The number of halogens is 1. The molecular formula is C26H31ClN3O4S+.